The third kappa shape index (κ3) is 5.69. The normalized spacial score (nSPS) is 10.6. The molecule has 20 heavy (non-hydrogen) atoms. The van der Waals surface area contributed by atoms with E-state index in [9.17, 15) is 9.59 Å². The molecule has 1 rings (SSSR count). The van der Waals surface area contributed by atoms with E-state index in [1.807, 2.05) is 32.0 Å². The summed E-state index contributed by atoms with van der Waals surface area (Å²) in [6, 6.07) is 5.65. The fraction of sp³-hybridized carbons (Fsp3) is 0.375. The van der Waals surface area contributed by atoms with Gasteiger partial charge in [-0.05, 0) is 36.6 Å². The van der Waals surface area contributed by atoms with E-state index in [1.165, 1.54) is 13.0 Å². The molecule has 0 radical (unpaired) electrons. The van der Waals surface area contributed by atoms with Crippen molar-refractivity contribution in [2.45, 2.75) is 33.6 Å². The average Bonchev–Trinajstić information content (AvgIpc) is 2.37. The average molecular weight is 275 g/mol. The summed E-state index contributed by atoms with van der Waals surface area (Å²) in [5.74, 6) is -0.511. The van der Waals surface area contributed by atoms with E-state index in [0.717, 1.165) is 24.0 Å². The van der Waals surface area contributed by atoms with Crippen molar-refractivity contribution in [1.29, 1.82) is 0 Å². The molecule has 0 bridgehead atoms. The number of hydrogen-bond acceptors (Lipinski definition) is 3. The van der Waals surface area contributed by atoms with E-state index in [2.05, 4.69) is 5.32 Å². The van der Waals surface area contributed by atoms with Gasteiger partial charge in [-0.15, -0.1) is 0 Å². The van der Waals surface area contributed by atoms with Crippen LogP contribution >= 0.6 is 0 Å². The molecule has 0 spiro atoms. The number of rotatable bonds is 6. The number of nitrogens with one attached hydrogen (secondary N) is 1. The number of carbonyl (C=O) groups excluding carboxylic acids is 2. The zero-order chi connectivity index (χ0) is 15.0. The molecule has 0 aromatic heterocycles. The zero-order valence-corrected chi connectivity index (χ0v) is 12.2. The van der Waals surface area contributed by atoms with Crippen molar-refractivity contribution < 1.29 is 14.3 Å². The van der Waals surface area contributed by atoms with E-state index in [-0.39, 0.29) is 11.9 Å². The van der Waals surface area contributed by atoms with Gasteiger partial charge in [-0.3, -0.25) is 4.79 Å². The van der Waals surface area contributed by atoms with Crippen molar-refractivity contribution in [1.82, 2.24) is 0 Å². The molecule has 0 unspecified atom stereocenters. The molecule has 1 aromatic carbocycles. The summed E-state index contributed by atoms with van der Waals surface area (Å²) in [7, 11) is 0. The van der Waals surface area contributed by atoms with Gasteiger partial charge in [-0.25, -0.2) is 4.79 Å². The molecule has 0 aliphatic carbocycles. The smallest absolute Gasteiger partial charge is 0.330 e. The Bertz CT molecular complexity index is 506. The number of unbranched alkanes of at least 4 members (excludes halogenated alkanes) is 1. The predicted molar refractivity (Wildman–Crippen MR) is 80.4 cm³/mol. The first-order valence-electron chi connectivity index (χ1n) is 6.76. The van der Waals surface area contributed by atoms with Crippen LogP contribution in [0.5, 0.6) is 0 Å². The van der Waals surface area contributed by atoms with Gasteiger partial charge in [0.15, 0.2) is 0 Å². The Hall–Kier alpha value is -2.10. The summed E-state index contributed by atoms with van der Waals surface area (Å²) in [4.78, 5) is 22.7. The first-order chi connectivity index (χ1) is 9.52. The van der Waals surface area contributed by atoms with Gasteiger partial charge in [0.1, 0.15) is 0 Å². The maximum atomic E-state index is 11.5. The Kier molecular flexibility index (Phi) is 6.50. The molecule has 0 heterocycles. The first kappa shape index (κ1) is 16.0. The van der Waals surface area contributed by atoms with Crippen LogP contribution in [0, 0.1) is 6.92 Å². The predicted octanol–water partition coefficient (Wildman–Crippen LogP) is 3.31. The largest absolute Gasteiger partial charge is 0.463 e. The van der Waals surface area contributed by atoms with E-state index >= 15 is 0 Å². The van der Waals surface area contributed by atoms with Crippen LogP contribution < -0.4 is 5.32 Å². The third-order valence-corrected chi connectivity index (χ3v) is 2.66. The van der Waals surface area contributed by atoms with Crippen LogP contribution in [-0.2, 0) is 14.3 Å². The number of benzene rings is 1. The maximum absolute atomic E-state index is 11.5. The minimum Gasteiger partial charge on any atom is -0.463 e. The maximum Gasteiger partial charge on any atom is 0.330 e. The van der Waals surface area contributed by atoms with E-state index in [1.54, 1.807) is 6.08 Å². The Balaban J connectivity index is 2.75. The Labute approximate surface area is 119 Å². The number of esters is 1. The third-order valence-electron chi connectivity index (χ3n) is 2.66. The standard InChI is InChI=1S/C16H21NO3/c1-4-5-10-20-16(19)9-8-14-7-6-12(2)11-15(14)17-13(3)18/h6-9,11H,4-5,10H2,1-3H3,(H,17,18)/b9-8+. The fourth-order valence-electron chi connectivity index (χ4n) is 1.64. The van der Waals surface area contributed by atoms with Gasteiger partial charge < -0.3 is 10.1 Å². The van der Waals surface area contributed by atoms with Gasteiger partial charge in [-0.1, -0.05) is 25.5 Å². The van der Waals surface area contributed by atoms with Crippen LogP contribution in [0.4, 0.5) is 5.69 Å². The van der Waals surface area contributed by atoms with Crippen LogP contribution in [0.3, 0.4) is 0 Å². The summed E-state index contributed by atoms with van der Waals surface area (Å²) in [5.41, 5.74) is 2.50. The van der Waals surface area contributed by atoms with Crippen LogP contribution in [0.25, 0.3) is 6.08 Å². The van der Waals surface area contributed by atoms with Gasteiger partial charge in [0.05, 0.1) is 6.61 Å². The number of amides is 1. The number of anilines is 1. The monoisotopic (exact) mass is 275 g/mol. The highest BCUT2D eigenvalue weighted by Gasteiger charge is 2.03. The summed E-state index contributed by atoms with van der Waals surface area (Å²) >= 11 is 0. The second-order valence-corrected chi connectivity index (χ2v) is 4.63. The Morgan fingerprint density at radius 3 is 2.75 bits per heavy atom. The number of ether oxygens (including phenoxy) is 1. The van der Waals surface area contributed by atoms with Crippen molar-refractivity contribution in [3.8, 4) is 0 Å². The van der Waals surface area contributed by atoms with Gasteiger partial charge in [0, 0.05) is 18.7 Å². The molecule has 0 atom stereocenters. The second-order valence-electron chi connectivity index (χ2n) is 4.63. The summed E-state index contributed by atoms with van der Waals surface area (Å²) in [6.07, 6.45) is 4.88. The van der Waals surface area contributed by atoms with Crippen LogP contribution in [0.1, 0.15) is 37.8 Å². The van der Waals surface area contributed by atoms with E-state index in [0.29, 0.717) is 12.3 Å². The SMILES string of the molecule is CCCCOC(=O)/C=C/c1ccc(C)cc1NC(C)=O. The minimum absolute atomic E-state index is 0.143. The van der Waals surface area contributed by atoms with Crippen molar-refractivity contribution >= 4 is 23.6 Å². The van der Waals surface area contributed by atoms with E-state index in [4.69, 9.17) is 4.74 Å². The van der Waals surface area contributed by atoms with Gasteiger partial charge in [0.25, 0.3) is 0 Å². The van der Waals surface area contributed by atoms with E-state index < -0.39 is 0 Å². The molecule has 0 aliphatic heterocycles. The molecule has 108 valence electrons. The molecule has 4 nitrogen and oxygen atoms in total. The molecule has 0 saturated carbocycles. The van der Waals surface area contributed by atoms with Crippen molar-refractivity contribution in [3.05, 3.63) is 35.4 Å². The lowest BCUT2D eigenvalue weighted by atomic mass is 10.1. The summed E-state index contributed by atoms with van der Waals surface area (Å²) in [5, 5.41) is 2.75. The van der Waals surface area contributed by atoms with Crippen molar-refractivity contribution in [2.24, 2.45) is 0 Å². The summed E-state index contributed by atoms with van der Waals surface area (Å²) in [6.45, 7) is 5.87. The van der Waals surface area contributed by atoms with Gasteiger partial charge in [0.2, 0.25) is 5.91 Å². The van der Waals surface area contributed by atoms with Crippen LogP contribution in [-0.4, -0.2) is 18.5 Å². The molecule has 1 N–H and O–H groups in total. The summed E-state index contributed by atoms with van der Waals surface area (Å²) < 4.78 is 5.04. The number of hydrogen-bond donors (Lipinski definition) is 1. The lowest BCUT2D eigenvalue weighted by molar-refractivity contribution is -0.137. The highest BCUT2D eigenvalue weighted by atomic mass is 16.5. The highest BCUT2D eigenvalue weighted by molar-refractivity contribution is 5.93. The second kappa shape index (κ2) is 8.15. The van der Waals surface area contributed by atoms with Gasteiger partial charge >= 0.3 is 5.97 Å². The fourth-order valence-corrected chi connectivity index (χ4v) is 1.64. The Morgan fingerprint density at radius 2 is 2.10 bits per heavy atom. The molecular formula is C16H21NO3. The lowest BCUT2D eigenvalue weighted by Crippen LogP contribution is -2.07. The molecular weight excluding hydrogens is 254 g/mol. The molecule has 1 amide bonds. The Morgan fingerprint density at radius 1 is 1.35 bits per heavy atom. The van der Waals surface area contributed by atoms with Crippen LogP contribution in [0.2, 0.25) is 0 Å². The zero-order valence-electron chi connectivity index (χ0n) is 12.2. The quantitative estimate of drug-likeness (QED) is 0.492. The number of carbonyl (C=O) groups is 2. The molecule has 1 aromatic rings. The lowest BCUT2D eigenvalue weighted by Gasteiger charge is -2.07. The van der Waals surface area contributed by atoms with Crippen LogP contribution in [0.15, 0.2) is 24.3 Å². The molecule has 4 heteroatoms. The number of aryl methyl sites for hydroxylation is 1. The first-order valence-corrected chi connectivity index (χ1v) is 6.76. The molecule has 0 aliphatic rings. The topological polar surface area (TPSA) is 55.4 Å². The molecule has 0 saturated heterocycles. The highest BCUT2D eigenvalue weighted by Crippen LogP contribution is 2.19. The molecule has 0 fully saturated rings. The van der Waals surface area contributed by atoms with Crippen molar-refractivity contribution in [2.75, 3.05) is 11.9 Å². The van der Waals surface area contributed by atoms with Crippen molar-refractivity contribution in [3.63, 3.8) is 0 Å². The van der Waals surface area contributed by atoms with Gasteiger partial charge in [-0.2, -0.15) is 0 Å². The minimum atomic E-state index is -0.368.